The summed E-state index contributed by atoms with van der Waals surface area (Å²) in [4.78, 5) is 0. The molecule has 0 nitrogen and oxygen atoms in total. The van der Waals surface area contributed by atoms with Crippen molar-refractivity contribution >= 4 is 0 Å². The van der Waals surface area contributed by atoms with E-state index in [4.69, 9.17) is 0 Å². The lowest BCUT2D eigenvalue weighted by Gasteiger charge is -2.38. The lowest BCUT2D eigenvalue weighted by Crippen LogP contribution is -2.25. The summed E-state index contributed by atoms with van der Waals surface area (Å²) in [6, 6.07) is 4.47. The first-order valence-electron chi connectivity index (χ1n) is 10.3. The molecule has 0 unspecified atom stereocenters. The molecule has 0 amide bonds. The highest BCUT2D eigenvalue weighted by molar-refractivity contribution is 5.22. The maximum absolute atomic E-state index is 13.5. The van der Waals surface area contributed by atoms with Crippen molar-refractivity contribution in [1.29, 1.82) is 0 Å². The van der Waals surface area contributed by atoms with Gasteiger partial charge in [-0.1, -0.05) is 25.1 Å². The van der Waals surface area contributed by atoms with E-state index in [9.17, 15) is 8.78 Å². The summed E-state index contributed by atoms with van der Waals surface area (Å²) in [6.07, 6.45) is 17.4. The molecular formula is C23H32F2. The monoisotopic (exact) mass is 346 g/mol. The molecule has 2 aliphatic carbocycles. The van der Waals surface area contributed by atoms with E-state index in [-0.39, 0.29) is 0 Å². The average Bonchev–Trinajstić information content (AvgIpc) is 2.65. The third-order valence-corrected chi connectivity index (χ3v) is 6.62. The topological polar surface area (TPSA) is 0 Å². The Bertz CT molecular complexity index is 561. The van der Waals surface area contributed by atoms with E-state index < -0.39 is 11.6 Å². The van der Waals surface area contributed by atoms with Crippen LogP contribution in [0.5, 0.6) is 0 Å². The summed E-state index contributed by atoms with van der Waals surface area (Å²) in [6.45, 7) is 2.20. The number of allylic oxidation sites excluding steroid dienone is 2. The summed E-state index contributed by atoms with van der Waals surface area (Å²) in [5.74, 6) is 1.64. The molecule has 0 bridgehead atoms. The first-order chi connectivity index (χ1) is 12.2. The van der Waals surface area contributed by atoms with E-state index >= 15 is 0 Å². The minimum atomic E-state index is -0.733. The molecule has 2 fully saturated rings. The van der Waals surface area contributed by atoms with Crippen molar-refractivity contribution in [3.63, 3.8) is 0 Å². The predicted octanol–water partition coefficient (Wildman–Crippen LogP) is 7.40. The van der Waals surface area contributed by atoms with Gasteiger partial charge in [-0.05, 0) is 106 Å². The molecule has 2 heteroatoms. The highest BCUT2D eigenvalue weighted by Gasteiger charge is 2.31. The molecule has 0 aromatic heterocycles. The van der Waals surface area contributed by atoms with Gasteiger partial charge in [0, 0.05) is 0 Å². The van der Waals surface area contributed by atoms with Gasteiger partial charge < -0.3 is 0 Å². The fraction of sp³-hybridized carbons (Fsp3) is 0.652. The van der Waals surface area contributed by atoms with Gasteiger partial charge in [0.05, 0.1) is 0 Å². The summed E-state index contributed by atoms with van der Waals surface area (Å²) in [5, 5.41) is 0. The summed E-state index contributed by atoms with van der Waals surface area (Å²) in [7, 11) is 0. The van der Waals surface area contributed by atoms with Crippen LogP contribution in [0.3, 0.4) is 0 Å². The number of hydrogen-bond acceptors (Lipinski definition) is 0. The minimum Gasteiger partial charge on any atom is -0.204 e. The summed E-state index contributed by atoms with van der Waals surface area (Å²) >= 11 is 0. The van der Waals surface area contributed by atoms with Crippen LogP contribution in [0.1, 0.15) is 82.6 Å². The smallest absolute Gasteiger partial charge is 0.159 e. The first kappa shape index (κ1) is 18.6. The second-order valence-electron chi connectivity index (χ2n) is 8.18. The van der Waals surface area contributed by atoms with Crippen LogP contribution in [-0.2, 0) is 0 Å². The molecule has 0 atom stereocenters. The van der Waals surface area contributed by atoms with E-state index in [1.807, 2.05) is 0 Å². The molecule has 0 N–H and O–H groups in total. The Balaban J connectivity index is 1.45. The van der Waals surface area contributed by atoms with Crippen LogP contribution >= 0.6 is 0 Å². The highest BCUT2D eigenvalue weighted by Crippen LogP contribution is 2.44. The summed E-state index contributed by atoms with van der Waals surface area (Å²) < 4.78 is 26.6. The number of halogens is 2. The van der Waals surface area contributed by atoms with Crippen molar-refractivity contribution in [1.82, 2.24) is 0 Å². The minimum absolute atomic E-state index is 0.418. The van der Waals surface area contributed by atoms with Gasteiger partial charge in [0.25, 0.3) is 0 Å². The van der Waals surface area contributed by atoms with Crippen LogP contribution in [0.25, 0.3) is 0 Å². The van der Waals surface area contributed by atoms with Gasteiger partial charge in [-0.15, -0.1) is 0 Å². The van der Waals surface area contributed by atoms with E-state index in [2.05, 4.69) is 19.1 Å². The zero-order valence-corrected chi connectivity index (χ0v) is 15.5. The van der Waals surface area contributed by atoms with Crippen molar-refractivity contribution in [3.05, 3.63) is 47.5 Å². The van der Waals surface area contributed by atoms with Gasteiger partial charge in [-0.25, -0.2) is 8.78 Å². The molecule has 0 radical (unpaired) electrons. The molecule has 0 saturated heterocycles. The van der Waals surface area contributed by atoms with Crippen molar-refractivity contribution in [2.45, 2.75) is 77.0 Å². The largest absolute Gasteiger partial charge is 0.204 e. The quantitative estimate of drug-likeness (QED) is 0.487. The fourth-order valence-electron chi connectivity index (χ4n) is 5.04. The second-order valence-corrected chi connectivity index (χ2v) is 8.18. The predicted molar refractivity (Wildman–Crippen MR) is 101 cm³/mol. The molecule has 2 aliphatic rings. The van der Waals surface area contributed by atoms with Gasteiger partial charge >= 0.3 is 0 Å². The summed E-state index contributed by atoms with van der Waals surface area (Å²) in [5.41, 5.74) is 0.990. The molecule has 0 heterocycles. The Morgan fingerprint density at radius 2 is 1.48 bits per heavy atom. The molecule has 0 spiro atoms. The van der Waals surface area contributed by atoms with Crippen LogP contribution in [0.4, 0.5) is 8.78 Å². The normalized spacial score (nSPS) is 30.7. The van der Waals surface area contributed by atoms with Gasteiger partial charge in [0.1, 0.15) is 0 Å². The third kappa shape index (κ3) is 4.92. The molecule has 1 aromatic carbocycles. The van der Waals surface area contributed by atoms with Gasteiger partial charge in [-0.2, -0.15) is 0 Å². The molecule has 2 saturated carbocycles. The Kier molecular flexibility index (Phi) is 6.67. The van der Waals surface area contributed by atoms with Crippen LogP contribution in [0, 0.1) is 29.4 Å². The van der Waals surface area contributed by atoms with Crippen LogP contribution < -0.4 is 0 Å². The van der Waals surface area contributed by atoms with Crippen molar-refractivity contribution in [3.8, 4) is 0 Å². The average molecular weight is 347 g/mol. The van der Waals surface area contributed by atoms with E-state index in [0.717, 1.165) is 42.6 Å². The van der Waals surface area contributed by atoms with E-state index in [1.165, 1.54) is 57.1 Å². The molecule has 138 valence electrons. The van der Waals surface area contributed by atoms with Gasteiger partial charge in [-0.3, -0.25) is 0 Å². The number of hydrogen-bond donors (Lipinski definition) is 0. The molecule has 25 heavy (non-hydrogen) atoms. The molecular weight excluding hydrogens is 314 g/mol. The maximum atomic E-state index is 13.5. The zero-order chi connectivity index (χ0) is 17.6. The molecule has 3 rings (SSSR count). The highest BCUT2D eigenvalue weighted by atomic mass is 19.2. The second kappa shape index (κ2) is 8.96. The van der Waals surface area contributed by atoms with Gasteiger partial charge in [0.15, 0.2) is 11.6 Å². The third-order valence-electron chi connectivity index (χ3n) is 6.62. The Labute approximate surface area is 151 Å². The SMILES string of the molecule is CCC=CCC1CCC(C2CCC(c3ccc(F)c(F)c3)CC2)CC1. The Hall–Kier alpha value is -1.18. The van der Waals surface area contributed by atoms with Gasteiger partial charge in [0.2, 0.25) is 0 Å². The Morgan fingerprint density at radius 3 is 2.08 bits per heavy atom. The standard InChI is InChI=1S/C23H32F2/c1-2-3-4-5-17-6-8-18(9-7-17)19-10-12-20(13-11-19)21-14-15-22(24)23(25)16-21/h3-4,14-20H,2,5-13H2,1H3. The maximum Gasteiger partial charge on any atom is 0.159 e. The van der Waals surface area contributed by atoms with E-state index in [0.29, 0.717) is 5.92 Å². The van der Waals surface area contributed by atoms with Crippen molar-refractivity contribution in [2.75, 3.05) is 0 Å². The van der Waals surface area contributed by atoms with Crippen molar-refractivity contribution in [2.24, 2.45) is 17.8 Å². The molecule has 1 aromatic rings. The molecule has 0 aliphatic heterocycles. The fourth-order valence-corrected chi connectivity index (χ4v) is 5.04. The van der Waals surface area contributed by atoms with Crippen LogP contribution in [0.15, 0.2) is 30.4 Å². The lowest BCUT2D eigenvalue weighted by molar-refractivity contribution is 0.160. The zero-order valence-electron chi connectivity index (χ0n) is 15.5. The lowest BCUT2D eigenvalue weighted by atomic mass is 9.68. The Morgan fingerprint density at radius 1 is 0.840 bits per heavy atom. The number of rotatable bonds is 5. The van der Waals surface area contributed by atoms with E-state index in [1.54, 1.807) is 6.07 Å². The van der Waals surface area contributed by atoms with Crippen molar-refractivity contribution < 1.29 is 8.78 Å². The first-order valence-corrected chi connectivity index (χ1v) is 10.3. The van der Waals surface area contributed by atoms with Crippen LogP contribution in [-0.4, -0.2) is 0 Å². The number of benzene rings is 1. The van der Waals surface area contributed by atoms with Crippen LogP contribution in [0.2, 0.25) is 0 Å².